The Labute approximate surface area is 109 Å². The topological polar surface area (TPSA) is 65.8 Å². The number of carbonyl (C=O) groups is 1. The number of amides is 1. The minimum absolute atomic E-state index is 0.0171. The molecule has 1 amide bonds. The summed E-state index contributed by atoms with van der Waals surface area (Å²) in [5.41, 5.74) is 0.792. The van der Waals surface area contributed by atoms with Crippen molar-refractivity contribution in [3.63, 3.8) is 0 Å². The van der Waals surface area contributed by atoms with Gasteiger partial charge >= 0.3 is 0 Å². The van der Waals surface area contributed by atoms with Crippen LogP contribution in [-0.2, 0) is 4.79 Å². The van der Waals surface area contributed by atoms with Crippen molar-refractivity contribution in [2.75, 3.05) is 5.32 Å². The van der Waals surface area contributed by atoms with Crippen molar-refractivity contribution in [2.45, 2.75) is 20.8 Å². The number of nitrogens with zero attached hydrogens (tertiary/aromatic N) is 2. The van der Waals surface area contributed by atoms with Gasteiger partial charge in [0.25, 0.3) is 0 Å². The fourth-order valence-electron chi connectivity index (χ4n) is 1.33. The Kier molecular flexibility index (Phi) is 4.64. The van der Waals surface area contributed by atoms with E-state index in [1.54, 1.807) is 6.07 Å². The van der Waals surface area contributed by atoms with E-state index >= 15 is 0 Å². The molecule has 17 heavy (non-hydrogen) atoms. The molecule has 90 valence electrons. The maximum atomic E-state index is 11.8. The Morgan fingerprint density at radius 3 is 2.65 bits per heavy atom. The highest BCUT2D eigenvalue weighted by atomic mass is 79.9. The van der Waals surface area contributed by atoms with E-state index in [0.29, 0.717) is 5.82 Å². The van der Waals surface area contributed by atoms with Crippen molar-refractivity contribution in [3.05, 3.63) is 22.3 Å². The van der Waals surface area contributed by atoms with E-state index < -0.39 is 5.92 Å². The summed E-state index contributed by atoms with van der Waals surface area (Å²) in [6.45, 7) is 5.52. The molecule has 1 atom stereocenters. The molecular weight excluding hydrogens is 282 g/mol. The van der Waals surface area contributed by atoms with E-state index in [1.165, 1.54) is 0 Å². The van der Waals surface area contributed by atoms with Crippen LogP contribution in [0.25, 0.3) is 0 Å². The van der Waals surface area contributed by atoms with Crippen LogP contribution in [0.3, 0.4) is 0 Å². The second-order valence-corrected chi connectivity index (χ2v) is 4.96. The molecule has 0 aliphatic carbocycles. The van der Waals surface area contributed by atoms with Crippen LogP contribution < -0.4 is 5.32 Å². The Morgan fingerprint density at radius 2 is 2.18 bits per heavy atom. The molecule has 1 heterocycles. The SMILES string of the molecule is Cc1nc(NC(=O)C(C#N)C(C)C)ccc1Br. The van der Waals surface area contributed by atoms with Gasteiger partial charge in [0.05, 0.1) is 11.8 Å². The summed E-state index contributed by atoms with van der Waals surface area (Å²) in [7, 11) is 0. The van der Waals surface area contributed by atoms with Gasteiger partial charge in [-0.1, -0.05) is 13.8 Å². The van der Waals surface area contributed by atoms with Gasteiger partial charge in [-0.05, 0) is 40.9 Å². The van der Waals surface area contributed by atoms with Crippen molar-refractivity contribution in [2.24, 2.45) is 11.8 Å². The Hall–Kier alpha value is -1.41. The van der Waals surface area contributed by atoms with Crippen LogP contribution in [0.2, 0.25) is 0 Å². The number of halogens is 1. The number of rotatable bonds is 3. The minimum atomic E-state index is -0.652. The molecule has 0 spiro atoms. The quantitative estimate of drug-likeness (QED) is 0.932. The van der Waals surface area contributed by atoms with Gasteiger partial charge in [-0.2, -0.15) is 5.26 Å². The second-order valence-electron chi connectivity index (χ2n) is 4.10. The Balaban J connectivity index is 2.81. The van der Waals surface area contributed by atoms with Gasteiger partial charge in [0.1, 0.15) is 11.7 Å². The molecule has 0 radical (unpaired) electrons. The van der Waals surface area contributed by atoms with Gasteiger partial charge in [0.2, 0.25) is 5.91 Å². The number of aryl methyl sites for hydroxylation is 1. The molecule has 0 saturated carbocycles. The molecule has 0 aliphatic rings. The molecule has 0 bridgehead atoms. The van der Waals surface area contributed by atoms with E-state index in [0.717, 1.165) is 10.2 Å². The lowest BCUT2D eigenvalue weighted by Gasteiger charge is -2.12. The molecule has 4 nitrogen and oxygen atoms in total. The number of pyridine rings is 1. The van der Waals surface area contributed by atoms with Crippen molar-refractivity contribution < 1.29 is 4.79 Å². The molecule has 1 aromatic heterocycles. The number of hydrogen-bond acceptors (Lipinski definition) is 3. The molecule has 1 unspecified atom stereocenters. The highest BCUT2D eigenvalue weighted by molar-refractivity contribution is 9.10. The van der Waals surface area contributed by atoms with Crippen LogP contribution in [0.1, 0.15) is 19.5 Å². The summed E-state index contributed by atoms with van der Waals surface area (Å²) in [4.78, 5) is 16.0. The third kappa shape index (κ3) is 3.53. The van der Waals surface area contributed by atoms with Crippen LogP contribution in [0.4, 0.5) is 5.82 Å². The first-order chi connectivity index (χ1) is 7.95. The highest BCUT2D eigenvalue weighted by Crippen LogP contribution is 2.17. The van der Waals surface area contributed by atoms with E-state index in [4.69, 9.17) is 5.26 Å². The van der Waals surface area contributed by atoms with Gasteiger partial charge in [0.15, 0.2) is 0 Å². The molecule has 0 aliphatic heterocycles. The van der Waals surface area contributed by atoms with Gasteiger partial charge in [-0.25, -0.2) is 4.98 Å². The normalized spacial score (nSPS) is 12.0. The number of nitrogens with one attached hydrogen (secondary N) is 1. The molecular formula is C12H14BrN3O. The van der Waals surface area contributed by atoms with Gasteiger partial charge in [-0.15, -0.1) is 0 Å². The number of nitriles is 1. The summed E-state index contributed by atoms with van der Waals surface area (Å²) < 4.78 is 0.885. The number of hydrogen-bond donors (Lipinski definition) is 1. The molecule has 1 N–H and O–H groups in total. The van der Waals surface area contributed by atoms with Gasteiger partial charge in [0, 0.05) is 4.47 Å². The van der Waals surface area contributed by atoms with E-state index in [1.807, 2.05) is 32.9 Å². The number of aromatic nitrogens is 1. The van der Waals surface area contributed by atoms with Crippen LogP contribution in [-0.4, -0.2) is 10.9 Å². The summed E-state index contributed by atoms with van der Waals surface area (Å²) in [6.07, 6.45) is 0. The second kappa shape index (κ2) is 5.78. The summed E-state index contributed by atoms with van der Waals surface area (Å²) >= 11 is 3.33. The Bertz CT molecular complexity index is 465. The van der Waals surface area contributed by atoms with Crippen LogP contribution >= 0.6 is 15.9 Å². The van der Waals surface area contributed by atoms with Crippen molar-refractivity contribution in [3.8, 4) is 6.07 Å². The van der Waals surface area contributed by atoms with Crippen molar-refractivity contribution in [1.82, 2.24) is 4.98 Å². The average molecular weight is 296 g/mol. The lowest BCUT2D eigenvalue weighted by Crippen LogP contribution is -2.26. The third-order valence-electron chi connectivity index (χ3n) is 2.36. The summed E-state index contributed by atoms with van der Waals surface area (Å²) in [5.74, 6) is -0.509. The van der Waals surface area contributed by atoms with Gasteiger partial charge < -0.3 is 5.32 Å². The highest BCUT2D eigenvalue weighted by Gasteiger charge is 2.21. The van der Waals surface area contributed by atoms with Gasteiger partial charge in [-0.3, -0.25) is 4.79 Å². The van der Waals surface area contributed by atoms with Crippen LogP contribution in [0, 0.1) is 30.1 Å². The average Bonchev–Trinajstić information content (AvgIpc) is 2.24. The minimum Gasteiger partial charge on any atom is -0.310 e. The van der Waals surface area contributed by atoms with E-state index in [9.17, 15) is 4.79 Å². The lowest BCUT2D eigenvalue weighted by molar-refractivity contribution is -0.119. The lowest BCUT2D eigenvalue weighted by atomic mass is 9.97. The third-order valence-corrected chi connectivity index (χ3v) is 3.20. The first kappa shape index (κ1) is 13.7. The fraction of sp³-hybridized carbons (Fsp3) is 0.417. The smallest absolute Gasteiger partial charge is 0.243 e. The maximum absolute atomic E-state index is 11.8. The first-order valence-electron chi connectivity index (χ1n) is 5.29. The van der Waals surface area contributed by atoms with Crippen molar-refractivity contribution in [1.29, 1.82) is 5.26 Å². The summed E-state index contributed by atoms with van der Waals surface area (Å²) in [5, 5.41) is 11.6. The zero-order chi connectivity index (χ0) is 13.0. The molecule has 0 aromatic carbocycles. The monoisotopic (exact) mass is 295 g/mol. The van der Waals surface area contributed by atoms with Crippen LogP contribution in [0.5, 0.6) is 0 Å². The Morgan fingerprint density at radius 1 is 1.53 bits per heavy atom. The molecule has 5 heteroatoms. The van der Waals surface area contributed by atoms with E-state index in [-0.39, 0.29) is 11.8 Å². The zero-order valence-corrected chi connectivity index (χ0v) is 11.6. The summed E-state index contributed by atoms with van der Waals surface area (Å²) in [6, 6.07) is 5.51. The molecule has 0 fully saturated rings. The predicted molar refractivity (Wildman–Crippen MR) is 69.2 cm³/mol. The fourth-order valence-corrected chi connectivity index (χ4v) is 1.55. The standard InChI is InChI=1S/C12H14BrN3O/c1-7(2)9(6-14)12(17)16-11-5-4-10(13)8(3)15-11/h4-5,7,9H,1-3H3,(H,15,16,17). The van der Waals surface area contributed by atoms with E-state index in [2.05, 4.69) is 26.2 Å². The van der Waals surface area contributed by atoms with Crippen LogP contribution in [0.15, 0.2) is 16.6 Å². The first-order valence-corrected chi connectivity index (χ1v) is 6.08. The zero-order valence-electron chi connectivity index (χ0n) is 9.99. The molecule has 0 saturated heterocycles. The predicted octanol–water partition coefficient (Wildman–Crippen LogP) is 2.89. The molecule has 1 aromatic rings. The van der Waals surface area contributed by atoms with Crippen molar-refractivity contribution >= 4 is 27.7 Å². The number of anilines is 1. The maximum Gasteiger partial charge on any atom is 0.243 e. The number of carbonyl (C=O) groups excluding carboxylic acids is 1. The molecule has 1 rings (SSSR count). The largest absolute Gasteiger partial charge is 0.310 e.